The lowest BCUT2D eigenvalue weighted by Gasteiger charge is -2.39. The third-order valence-electron chi connectivity index (χ3n) is 5.08. The maximum Gasteiger partial charge on any atom is 0.410 e. The highest BCUT2D eigenvalue weighted by atomic mass is 16.6. The number of nitrogens with one attached hydrogen (secondary N) is 1. The van der Waals surface area contributed by atoms with Gasteiger partial charge in [0.1, 0.15) is 11.4 Å². The molecule has 9 nitrogen and oxygen atoms in total. The summed E-state index contributed by atoms with van der Waals surface area (Å²) in [6.45, 7) is 9.08. The quantitative estimate of drug-likeness (QED) is 0.810. The van der Waals surface area contributed by atoms with Gasteiger partial charge in [0.15, 0.2) is 0 Å². The van der Waals surface area contributed by atoms with Gasteiger partial charge in [0, 0.05) is 51.3 Å². The number of H-pyrrole nitrogens is 1. The van der Waals surface area contributed by atoms with Gasteiger partial charge >= 0.3 is 6.09 Å². The van der Waals surface area contributed by atoms with Gasteiger partial charge in [-0.25, -0.2) is 9.89 Å². The van der Waals surface area contributed by atoms with Crippen LogP contribution in [0.2, 0.25) is 0 Å². The number of hydrogen-bond donors (Lipinski definition) is 1. The zero-order chi connectivity index (χ0) is 20.3. The molecule has 3 heterocycles. The van der Waals surface area contributed by atoms with E-state index in [0.717, 1.165) is 31.7 Å². The molecule has 0 saturated carbocycles. The van der Waals surface area contributed by atoms with E-state index >= 15 is 0 Å². The maximum absolute atomic E-state index is 12.9. The number of aromatic nitrogens is 2. The van der Waals surface area contributed by atoms with E-state index in [1.165, 1.54) is 6.07 Å². The van der Waals surface area contributed by atoms with Crippen LogP contribution in [0.3, 0.4) is 0 Å². The molecular weight excluding hydrogens is 362 g/mol. The third kappa shape index (κ3) is 5.02. The molecule has 0 radical (unpaired) electrons. The summed E-state index contributed by atoms with van der Waals surface area (Å²) in [5, 5.41) is 6.50. The van der Waals surface area contributed by atoms with Crippen LogP contribution in [0.15, 0.2) is 16.9 Å². The molecule has 2 amide bonds. The summed E-state index contributed by atoms with van der Waals surface area (Å²) < 4.78 is 5.40. The molecule has 154 valence electrons. The molecule has 0 aliphatic carbocycles. The van der Waals surface area contributed by atoms with Crippen molar-refractivity contribution in [2.45, 2.75) is 39.2 Å². The number of piperidine rings is 1. The summed E-state index contributed by atoms with van der Waals surface area (Å²) in [7, 11) is 0. The molecule has 9 heteroatoms. The number of rotatable bonds is 2. The van der Waals surface area contributed by atoms with Crippen molar-refractivity contribution in [3.8, 4) is 0 Å². The standard InChI is InChI=1S/C19H29N5O4/c1-19(2,3)28-18(27)24-12-10-23(11-13-24)17(26)14-6-8-22(9-7-14)15-4-5-16(25)21-20-15/h4-5,14H,6-13H2,1-3H3,(H,21,25). The minimum Gasteiger partial charge on any atom is -0.444 e. The summed E-state index contributed by atoms with van der Waals surface area (Å²) in [4.78, 5) is 41.8. The molecule has 3 rings (SSSR count). The molecule has 2 fully saturated rings. The van der Waals surface area contributed by atoms with E-state index in [0.29, 0.717) is 26.2 Å². The van der Waals surface area contributed by atoms with Gasteiger partial charge in [-0.15, -0.1) is 0 Å². The number of anilines is 1. The van der Waals surface area contributed by atoms with E-state index in [9.17, 15) is 14.4 Å². The molecular formula is C19H29N5O4. The van der Waals surface area contributed by atoms with E-state index in [2.05, 4.69) is 15.1 Å². The van der Waals surface area contributed by atoms with E-state index < -0.39 is 5.60 Å². The molecule has 2 aliphatic heterocycles. The molecule has 1 aromatic rings. The second-order valence-electron chi connectivity index (χ2n) is 8.33. The Bertz CT molecular complexity index is 736. The zero-order valence-electron chi connectivity index (χ0n) is 16.8. The molecule has 0 bridgehead atoms. The highest BCUT2D eigenvalue weighted by Crippen LogP contribution is 2.23. The average molecular weight is 391 g/mol. The predicted octanol–water partition coefficient (Wildman–Crippen LogP) is 1.07. The molecule has 28 heavy (non-hydrogen) atoms. The number of carbonyl (C=O) groups is 2. The predicted molar refractivity (Wildman–Crippen MR) is 104 cm³/mol. The van der Waals surface area contributed by atoms with Gasteiger partial charge in [0.2, 0.25) is 5.91 Å². The highest BCUT2D eigenvalue weighted by Gasteiger charge is 2.32. The Morgan fingerprint density at radius 1 is 1.04 bits per heavy atom. The van der Waals surface area contributed by atoms with E-state index in [1.807, 2.05) is 25.7 Å². The van der Waals surface area contributed by atoms with Crippen LogP contribution in [0, 0.1) is 5.92 Å². The first-order valence-corrected chi connectivity index (χ1v) is 9.80. The molecule has 2 saturated heterocycles. The van der Waals surface area contributed by atoms with Gasteiger partial charge in [0.05, 0.1) is 0 Å². The van der Waals surface area contributed by atoms with Crippen molar-refractivity contribution < 1.29 is 14.3 Å². The summed E-state index contributed by atoms with van der Waals surface area (Å²) in [5.74, 6) is 0.890. The number of amides is 2. The molecule has 1 N–H and O–H groups in total. The second kappa shape index (κ2) is 8.20. The van der Waals surface area contributed by atoms with Crippen LogP contribution in [0.4, 0.5) is 10.6 Å². The number of piperazine rings is 1. The van der Waals surface area contributed by atoms with Gasteiger partial charge in [-0.1, -0.05) is 0 Å². The molecule has 1 aromatic heterocycles. The Labute approximate surface area is 164 Å². The molecule has 2 aliphatic rings. The van der Waals surface area contributed by atoms with Gasteiger partial charge in [-0.3, -0.25) is 9.59 Å². The van der Waals surface area contributed by atoms with Crippen LogP contribution < -0.4 is 10.5 Å². The summed E-state index contributed by atoms with van der Waals surface area (Å²) in [5.41, 5.74) is -0.738. The van der Waals surface area contributed by atoms with Crippen molar-refractivity contribution in [3.63, 3.8) is 0 Å². The molecule has 0 unspecified atom stereocenters. The van der Waals surface area contributed by atoms with Crippen LogP contribution in [-0.2, 0) is 9.53 Å². The van der Waals surface area contributed by atoms with Gasteiger partial charge < -0.3 is 19.4 Å². The van der Waals surface area contributed by atoms with Crippen LogP contribution in [0.1, 0.15) is 33.6 Å². The van der Waals surface area contributed by atoms with Crippen molar-refractivity contribution in [2.24, 2.45) is 5.92 Å². The number of hydrogen-bond acceptors (Lipinski definition) is 6. The van der Waals surface area contributed by atoms with E-state index in [-0.39, 0.29) is 23.5 Å². The number of ether oxygens (including phenoxy) is 1. The van der Waals surface area contributed by atoms with Crippen molar-refractivity contribution in [1.82, 2.24) is 20.0 Å². The SMILES string of the molecule is CC(C)(C)OC(=O)N1CCN(C(=O)C2CCN(c3ccc(=O)[nH]n3)CC2)CC1. The fourth-order valence-electron chi connectivity index (χ4n) is 3.56. The second-order valence-corrected chi connectivity index (χ2v) is 8.33. The Balaban J connectivity index is 1.46. The van der Waals surface area contributed by atoms with Crippen molar-refractivity contribution in [1.29, 1.82) is 0 Å². The minimum absolute atomic E-state index is 0.00733. The van der Waals surface area contributed by atoms with Crippen molar-refractivity contribution >= 4 is 17.8 Å². The number of nitrogens with zero attached hydrogens (tertiary/aromatic N) is 4. The minimum atomic E-state index is -0.515. The van der Waals surface area contributed by atoms with Gasteiger partial charge in [0.25, 0.3) is 5.56 Å². The summed E-state index contributed by atoms with van der Waals surface area (Å²) in [6, 6.07) is 3.17. The van der Waals surface area contributed by atoms with Gasteiger partial charge in [-0.2, -0.15) is 5.10 Å². The first kappa shape index (κ1) is 20.2. The Kier molecular flexibility index (Phi) is 5.90. The first-order valence-electron chi connectivity index (χ1n) is 9.80. The number of carbonyl (C=O) groups excluding carboxylic acids is 2. The normalized spacial score (nSPS) is 18.9. The van der Waals surface area contributed by atoms with Crippen LogP contribution in [-0.4, -0.2) is 76.9 Å². The Morgan fingerprint density at radius 3 is 2.18 bits per heavy atom. The third-order valence-corrected chi connectivity index (χ3v) is 5.08. The molecule has 0 spiro atoms. The lowest BCUT2D eigenvalue weighted by molar-refractivity contribution is -0.138. The van der Waals surface area contributed by atoms with Gasteiger partial charge in [-0.05, 0) is 39.7 Å². The maximum atomic E-state index is 12.9. The Hall–Kier alpha value is -2.58. The molecule has 0 aromatic carbocycles. The largest absolute Gasteiger partial charge is 0.444 e. The topological polar surface area (TPSA) is 98.8 Å². The lowest BCUT2D eigenvalue weighted by Crippen LogP contribution is -2.53. The summed E-state index contributed by atoms with van der Waals surface area (Å²) >= 11 is 0. The van der Waals surface area contributed by atoms with Crippen LogP contribution in [0.5, 0.6) is 0 Å². The first-order chi connectivity index (χ1) is 13.2. The highest BCUT2D eigenvalue weighted by molar-refractivity contribution is 5.79. The summed E-state index contributed by atoms with van der Waals surface area (Å²) in [6.07, 6.45) is 1.19. The van der Waals surface area contributed by atoms with E-state index in [1.54, 1.807) is 11.0 Å². The fraction of sp³-hybridized carbons (Fsp3) is 0.684. The van der Waals surface area contributed by atoms with Crippen molar-refractivity contribution in [3.05, 3.63) is 22.5 Å². The smallest absolute Gasteiger partial charge is 0.410 e. The van der Waals surface area contributed by atoms with E-state index in [4.69, 9.17) is 4.74 Å². The van der Waals surface area contributed by atoms with Crippen LogP contribution in [0.25, 0.3) is 0 Å². The van der Waals surface area contributed by atoms with Crippen LogP contribution >= 0.6 is 0 Å². The zero-order valence-corrected chi connectivity index (χ0v) is 16.8. The average Bonchev–Trinajstić information content (AvgIpc) is 2.67. The lowest BCUT2D eigenvalue weighted by atomic mass is 9.95. The number of aromatic amines is 1. The monoisotopic (exact) mass is 391 g/mol. The fourth-order valence-corrected chi connectivity index (χ4v) is 3.56. The van der Waals surface area contributed by atoms with Crippen molar-refractivity contribution in [2.75, 3.05) is 44.2 Å². The Morgan fingerprint density at radius 2 is 1.64 bits per heavy atom. The molecule has 0 atom stereocenters.